The first-order valence-electron chi connectivity index (χ1n) is 7.76. The molecular weight excluding hydrogens is 334 g/mol. The van der Waals surface area contributed by atoms with Gasteiger partial charge >= 0.3 is 0 Å². The van der Waals surface area contributed by atoms with E-state index >= 15 is 0 Å². The summed E-state index contributed by atoms with van der Waals surface area (Å²) in [4.78, 5) is 17.7. The molecule has 0 saturated heterocycles. The quantitative estimate of drug-likeness (QED) is 0.577. The van der Waals surface area contributed by atoms with Gasteiger partial charge in [0.25, 0.3) is 0 Å². The fraction of sp³-hybridized carbons (Fsp3) is 0.0526. The summed E-state index contributed by atoms with van der Waals surface area (Å²) in [6.45, 7) is 1.99. The molecule has 0 spiro atoms. The van der Waals surface area contributed by atoms with Crippen LogP contribution in [0.2, 0.25) is 5.02 Å². The van der Waals surface area contributed by atoms with E-state index in [-0.39, 0.29) is 0 Å². The maximum atomic E-state index is 6.19. The summed E-state index contributed by atoms with van der Waals surface area (Å²) in [5.41, 5.74) is 3.43. The van der Waals surface area contributed by atoms with Crippen molar-refractivity contribution in [3.63, 3.8) is 0 Å². The van der Waals surface area contributed by atoms with Crippen LogP contribution in [0.1, 0.15) is 5.56 Å². The van der Waals surface area contributed by atoms with Crippen LogP contribution in [-0.4, -0.2) is 19.9 Å². The highest BCUT2D eigenvalue weighted by Crippen LogP contribution is 2.28. The fourth-order valence-electron chi connectivity index (χ4n) is 2.62. The number of rotatable bonds is 3. The first-order chi connectivity index (χ1) is 12.2. The molecule has 0 saturated carbocycles. The van der Waals surface area contributed by atoms with E-state index < -0.39 is 0 Å². The Morgan fingerprint density at radius 2 is 1.80 bits per heavy atom. The molecule has 6 heteroatoms. The van der Waals surface area contributed by atoms with Crippen molar-refractivity contribution in [1.29, 1.82) is 0 Å². The van der Waals surface area contributed by atoms with Gasteiger partial charge in [0.2, 0.25) is 0 Å². The van der Waals surface area contributed by atoms with Crippen molar-refractivity contribution in [2.45, 2.75) is 6.92 Å². The lowest BCUT2D eigenvalue weighted by atomic mass is 10.1. The second-order valence-corrected chi connectivity index (χ2v) is 6.08. The van der Waals surface area contributed by atoms with Crippen LogP contribution in [0.3, 0.4) is 0 Å². The van der Waals surface area contributed by atoms with E-state index in [2.05, 4.69) is 20.3 Å². The maximum absolute atomic E-state index is 6.19. The van der Waals surface area contributed by atoms with Crippen molar-refractivity contribution in [2.24, 2.45) is 0 Å². The summed E-state index contributed by atoms with van der Waals surface area (Å²) in [6, 6.07) is 13.3. The van der Waals surface area contributed by atoms with Crippen molar-refractivity contribution < 1.29 is 0 Å². The Labute approximate surface area is 149 Å². The maximum Gasteiger partial charge on any atom is 0.165 e. The van der Waals surface area contributed by atoms with Crippen molar-refractivity contribution in [1.82, 2.24) is 19.9 Å². The minimum Gasteiger partial charge on any atom is -0.339 e. The van der Waals surface area contributed by atoms with Gasteiger partial charge in [-0.25, -0.2) is 15.0 Å². The summed E-state index contributed by atoms with van der Waals surface area (Å²) >= 11 is 6.19. The normalized spacial score (nSPS) is 10.8. The molecule has 0 atom stereocenters. The zero-order valence-electron chi connectivity index (χ0n) is 13.4. The smallest absolute Gasteiger partial charge is 0.165 e. The lowest BCUT2D eigenvalue weighted by molar-refractivity contribution is 1.18. The number of hydrogen-bond donors (Lipinski definition) is 1. The van der Waals surface area contributed by atoms with E-state index in [9.17, 15) is 0 Å². The number of aromatic nitrogens is 4. The molecule has 122 valence electrons. The van der Waals surface area contributed by atoms with E-state index in [1.807, 2.05) is 49.4 Å². The molecule has 0 bridgehead atoms. The fourth-order valence-corrected chi connectivity index (χ4v) is 2.91. The zero-order valence-corrected chi connectivity index (χ0v) is 14.2. The Balaban J connectivity index is 1.89. The largest absolute Gasteiger partial charge is 0.339 e. The number of halogens is 1. The summed E-state index contributed by atoms with van der Waals surface area (Å²) in [7, 11) is 0. The Morgan fingerprint density at radius 1 is 0.960 bits per heavy atom. The molecule has 0 fully saturated rings. The first-order valence-corrected chi connectivity index (χ1v) is 8.14. The highest BCUT2D eigenvalue weighted by atomic mass is 35.5. The predicted molar refractivity (Wildman–Crippen MR) is 100 cm³/mol. The average molecular weight is 348 g/mol. The molecule has 3 aromatic heterocycles. The molecule has 0 radical (unpaired) electrons. The molecular formula is C19H14ClN5. The van der Waals surface area contributed by atoms with Gasteiger partial charge in [-0.15, -0.1) is 0 Å². The van der Waals surface area contributed by atoms with Crippen LogP contribution < -0.4 is 5.32 Å². The van der Waals surface area contributed by atoms with Gasteiger partial charge in [0.1, 0.15) is 5.82 Å². The van der Waals surface area contributed by atoms with Crippen LogP contribution in [0.4, 0.5) is 11.5 Å². The molecule has 0 amide bonds. The number of nitrogens with one attached hydrogen (secondary N) is 1. The standard InChI is InChI=1S/C19H14ClN5/c1-12-9-13(11-14(20)10-12)17-24-18-16(3-2-6-22-18)19(25-17)23-15-4-7-21-8-5-15/h2-11H,1H3,(H,21,22,23,24,25). The minimum absolute atomic E-state index is 0.577. The van der Waals surface area contributed by atoms with Crippen LogP contribution >= 0.6 is 11.6 Å². The number of hydrogen-bond acceptors (Lipinski definition) is 5. The molecule has 5 nitrogen and oxygen atoms in total. The van der Waals surface area contributed by atoms with Crippen molar-refractivity contribution in [2.75, 3.05) is 5.32 Å². The Hall–Kier alpha value is -3.05. The molecule has 0 aliphatic heterocycles. The SMILES string of the molecule is Cc1cc(Cl)cc(-c2nc(Nc3ccncc3)c3cccnc3n2)c1. The molecule has 25 heavy (non-hydrogen) atoms. The molecule has 0 unspecified atom stereocenters. The van der Waals surface area contributed by atoms with Gasteiger partial charge in [-0.05, 0) is 55.0 Å². The number of fused-ring (bicyclic) bond motifs is 1. The second kappa shape index (κ2) is 6.45. The highest BCUT2D eigenvalue weighted by Gasteiger charge is 2.11. The summed E-state index contributed by atoms with van der Waals surface area (Å²) in [6.07, 6.45) is 5.18. The third-order valence-corrected chi connectivity index (χ3v) is 3.93. The van der Waals surface area contributed by atoms with Gasteiger partial charge in [-0.2, -0.15) is 0 Å². The summed E-state index contributed by atoms with van der Waals surface area (Å²) < 4.78 is 0. The highest BCUT2D eigenvalue weighted by molar-refractivity contribution is 6.30. The Kier molecular flexibility index (Phi) is 3.99. The molecule has 3 heterocycles. The van der Waals surface area contributed by atoms with Crippen LogP contribution in [0.25, 0.3) is 22.4 Å². The van der Waals surface area contributed by atoms with Crippen molar-refractivity contribution in [3.8, 4) is 11.4 Å². The summed E-state index contributed by atoms with van der Waals surface area (Å²) in [5.74, 6) is 1.27. The molecule has 1 N–H and O–H groups in total. The number of pyridine rings is 2. The van der Waals surface area contributed by atoms with E-state index in [1.165, 1.54) is 0 Å². The van der Waals surface area contributed by atoms with Gasteiger partial charge in [0, 0.05) is 34.9 Å². The van der Waals surface area contributed by atoms with Crippen LogP contribution in [-0.2, 0) is 0 Å². The zero-order chi connectivity index (χ0) is 17.2. The number of anilines is 2. The Bertz CT molecular complexity index is 1030. The number of nitrogens with zero attached hydrogens (tertiary/aromatic N) is 4. The third kappa shape index (κ3) is 3.27. The minimum atomic E-state index is 0.577. The van der Waals surface area contributed by atoms with Gasteiger partial charge in [0.15, 0.2) is 11.5 Å². The lowest BCUT2D eigenvalue weighted by Gasteiger charge is -2.11. The molecule has 1 aromatic carbocycles. The molecule has 4 aromatic rings. The van der Waals surface area contributed by atoms with Gasteiger partial charge in [-0.1, -0.05) is 11.6 Å². The van der Waals surface area contributed by atoms with Crippen LogP contribution in [0.5, 0.6) is 0 Å². The number of benzene rings is 1. The van der Waals surface area contributed by atoms with E-state index in [1.54, 1.807) is 18.6 Å². The van der Waals surface area contributed by atoms with Crippen molar-refractivity contribution in [3.05, 3.63) is 71.6 Å². The van der Waals surface area contributed by atoms with Gasteiger partial charge in [-0.3, -0.25) is 4.98 Å². The average Bonchev–Trinajstić information content (AvgIpc) is 2.62. The topological polar surface area (TPSA) is 63.6 Å². The second-order valence-electron chi connectivity index (χ2n) is 5.65. The van der Waals surface area contributed by atoms with Gasteiger partial charge < -0.3 is 5.32 Å². The molecule has 0 aliphatic carbocycles. The van der Waals surface area contributed by atoms with Gasteiger partial charge in [0.05, 0.1) is 5.39 Å². The monoisotopic (exact) mass is 347 g/mol. The van der Waals surface area contributed by atoms with E-state index in [4.69, 9.17) is 16.6 Å². The lowest BCUT2D eigenvalue weighted by Crippen LogP contribution is -2.00. The third-order valence-electron chi connectivity index (χ3n) is 3.71. The van der Waals surface area contributed by atoms with Crippen molar-refractivity contribution >= 4 is 34.1 Å². The van der Waals surface area contributed by atoms with Crippen LogP contribution in [0, 0.1) is 6.92 Å². The number of aryl methyl sites for hydroxylation is 1. The molecule has 4 rings (SSSR count). The van der Waals surface area contributed by atoms with E-state index in [0.717, 1.165) is 22.2 Å². The van der Waals surface area contributed by atoms with Crippen LogP contribution in [0.15, 0.2) is 61.1 Å². The molecule has 0 aliphatic rings. The predicted octanol–water partition coefficient (Wildman–Crippen LogP) is 4.79. The first kappa shape index (κ1) is 15.5. The Morgan fingerprint density at radius 3 is 2.60 bits per heavy atom. The van der Waals surface area contributed by atoms with E-state index in [0.29, 0.717) is 22.3 Å². The summed E-state index contributed by atoms with van der Waals surface area (Å²) in [5, 5.41) is 4.83.